The van der Waals surface area contributed by atoms with Gasteiger partial charge in [-0.1, -0.05) is 6.07 Å². The molecular weight excluding hydrogens is 405 g/mol. The summed E-state index contributed by atoms with van der Waals surface area (Å²) in [5, 5.41) is 4.57. The molecule has 156 valence electrons. The van der Waals surface area contributed by atoms with E-state index in [2.05, 4.69) is 10.1 Å². The van der Waals surface area contributed by atoms with Gasteiger partial charge < -0.3 is 15.0 Å². The molecule has 0 fully saturated rings. The van der Waals surface area contributed by atoms with E-state index in [1.807, 2.05) is 11.4 Å². The van der Waals surface area contributed by atoms with Gasteiger partial charge in [0.05, 0.1) is 0 Å². The van der Waals surface area contributed by atoms with Gasteiger partial charge in [0, 0.05) is 29.2 Å². The number of benzene rings is 1. The molecule has 0 bridgehead atoms. The SMILES string of the molecule is Cc1c(NC(=O)[C@@H](C)OCC(F)(F)F)cccc1C(=O)N1CCc2sccc2C1. The number of halogens is 3. The molecular formula is C20H21F3N2O3S. The lowest BCUT2D eigenvalue weighted by atomic mass is 10.0. The van der Waals surface area contributed by atoms with Gasteiger partial charge in [0.2, 0.25) is 0 Å². The molecule has 1 aromatic heterocycles. The minimum absolute atomic E-state index is 0.142. The summed E-state index contributed by atoms with van der Waals surface area (Å²) in [6.07, 6.45) is -4.98. The molecule has 0 saturated heterocycles. The topological polar surface area (TPSA) is 58.6 Å². The number of anilines is 1. The zero-order valence-electron chi connectivity index (χ0n) is 16.0. The Balaban J connectivity index is 1.69. The summed E-state index contributed by atoms with van der Waals surface area (Å²) in [6.45, 7) is 2.60. The van der Waals surface area contributed by atoms with Gasteiger partial charge in [-0.05, 0) is 55.0 Å². The maximum Gasteiger partial charge on any atom is 0.411 e. The third kappa shape index (κ3) is 5.16. The van der Waals surface area contributed by atoms with E-state index in [1.54, 1.807) is 41.4 Å². The van der Waals surface area contributed by atoms with Crippen LogP contribution in [0, 0.1) is 6.92 Å². The second kappa shape index (κ2) is 8.54. The minimum atomic E-state index is -4.51. The predicted molar refractivity (Wildman–Crippen MR) is 104 cm³/mol. The van der Waals surface area contributed by atoms with Crippen LogP contribution < -0.4 is 5.32 Å². The van der Waals surface area contributed by atoms with E-state index >= 15 is 0 Å². The van der Waals surface area contributed by atoms with Crippen molar-refractivity contribution in [3.63, 3.8) is 0 Å². The average Bonchev–Trinajstić information content (AvgIpc) is 3.14. The van der Waals surface area contributed by atoms with Crippen LogP contribution in [0.1, 0.15) is 33.3 Å². The quantitative estimate of drug-likeness (QED) is 0.781. The van der Waals surface area contributed by atoms with Crippen molar-refractivity contribution in [3.05, 3.63) is 51.2 Å². The zero-order chi connectivity index (χ0) is 21.2. The van der Waals surface area contributed by atoms with Crippen LogP contribution in [0.25, 0.3) is 0 Å². The molecule has 2 heterocycles. The van der Waals surface area contributed by atoms with Crippen LogP contribution in [0.5, 0.6) is 0 Å². The van der Waals surface area contributed by atoms with Crippen LogP contribution in [0.15, 0.2) is 29.6 Å². The molecule has 9 heteroatoms. The second-order valence-corrected chi connectivity index (χ2v) is 7.88. The average molecular weight is 426 g/mol. The Morgan fingerprint density at radius 1 is 1.31 bits per heavy atom. The normalized spacial score (nSPS) is 15.0. The Hall–Kier alpha value is -2.39. The van der Waals surface area contributed by atoms with Gasteiger partial charge in [0.15, 0.2) is 0 Å². The molecule has 1 atom stereocenters. The molecule has 0 radical (unpaired) electrons. The number of carbonyl (C=O) groups is 2. The van der Waals surface area contributed by atoms with Crippen molar-refractivity contribution >= 4 is 28.8 Å². The lowest BCUT2D eigenvalue weighted by Gasteiger charge is -2.28. The number of hydrogen-bond acceptors (Lipinski definition) is 4. The number of rotatable bonds is 5. The second-order valence-electron chi connectivity index (χ2n) is 6.88. The van der Waals surface area contributed by atoms with E-state index in [0.29, 0.717) is 29.9 Å². The van der Waals surface area contributed by atoms with Crippen molar-refractivity contribution in [2.75, 3.05) is 18.5 Å². The van der Waals surface area contributed by atoms with Gasteiger partial charge in [-0.25, -0.2) is 0 Å². The van der Waals surface area contributed by atoms with E-state index in [1.165, 1.54) is 11.8 Å². The summed E-state index contributed by atoms with van der Waals surface area (Å²) in [5.74, 6) is -0.848. The smallest absolute Gasteiger partial charge is 0.359 e. The van der Waals surface area contributed by atoms with E-state index < -0.39 is 24.8 Å². The fourth-order valence-corrected chi connectivity index (χ4v) is 4.01. The number of ether oxygens (including phenoxy) is 1. The van der Waals surface area contributed by atoms with Crippen LogP contribution in [0.4, 0.5) is 18.9 Å². The largest absolute Gasteiger partial charge is 0.411 e. The molecule has 0 spiro atoms. The summed E-state index contributed by atoms with van der Waals surface area (Å²) in [7, 11) is 0. The third-order valence-corrected chi connectivity index (χ3v) is 5.81. The van der Waals surface area contributed by atoms with Gasteiger partial charge in [-0.3, -0.25) is 9.59 Å². The van der Waals surface area contributed by atoms with Gasteiger partial charge in [-0.15, -0.1) is 11.3 Å². The van der Waals surface area contributed by atoms with Crippen LogP contribution in [-0.2, 0) is 22.5 Å². The van der Waals surface area contributed by atoms with Crippen molar-refractivity contribution in [3.8, 4) is 0 Å². The minimum Gasteiger partial charge on any atom is -0.359 e. The third-order valence-electron chi connectivity index (χ3n) is 4.78. The van der Waals surface area contributed by atoms with Crippen molar-refractivity contribution < 1.29 is 27.5 Å². The first-order chi connectivity index (χ1) is 13.7. The van der Waals surface area contributed by atoms with Crippen molar-refractivity contribution in [2.45, 2.75) is 39.1 Å². The first-order valence-corrected chi connectivity index (χ1v) is 9.97. The maximum absolute atomic E-state index is 13.0. The number of nitrogens with one attached hydrogen (secondary N) is 1. The molecule has 1 N–H and O–H groups in total. The number of alkyl halides is 3. The maximum atomic E-state index is 13.0. The Morgan fingerprint density at radius 3 is 2.79 bits per heavy atom. The number of fused-ring (bicyclic) bond motifs is 1. The number of nitrogens with zero attached hydrogens (tertiary/aromatic N) is 1. The van der Waals surface area contributed by atoms with Crippen LogP contribution in [0.2, 0.25) is 0 Å². The van der Waals surface area contributed by atoms with E-state index in [0.717, 1.165) is 12.0 Å². The summed E-state index contributed by atoms with van der Waals surface area (Å²) in [6, 6.07) is 6.94. The van der Waals surface area contributed by atoms with Crippen LogP contribution >= 0.6 is 11.3 Å². The monoisotopic (exact) mass is 426 g/mol. The summed E-state index contributed by atoms with van der Waals surface area (Å²) in [4.78, 5) is 28.2. The Bertz CT molecular complexity index is 911. The predicted octanol–water partition coefficient (Wildman–Crippen LogP) is 4.16. The zero-order valence-corrected chi connectivity index (χ0v) is 16.8. The highest BCUT2D eigenvalue weighted by Gasteiger charge is 2.30. The van der Waals surface area contributed by atoms with Crippen molar-refractivity contribution in [1.29, 1.82) is 0 Å². The summed E-state index contributed by atoms with van der Waals surface area (Å²) in [5.41, 5.74) is 2.53. The fraction of sp³-hybridized carbons (Fsp3) is 0.400. The Morgan fingerprint density at radius 2 is 2.07 bits per heavy atom. The highest BCUT2D eigenvalue weighted by molar-refractivity contribution is 7.10. The van der Waals surface area contributed by atoms with Gasteiger partial charge >= 0.3 is 6.18 Å². The number of hydrogen-bond donors (Lipinski definition) is 1. The number of amides is 2. The fourth-order valence-electron chi connectivity index (χ4n) is 3.12. The van der Waals surface area contributed by atoms with E-state index in [9.17, 15) is 22.8 Å². The number of carbonyl (C=O) groups excluding carboxylic acids is 2. The summed E-state index contributed by atoms with van der Waals surface area (Å²) >= 11 is 1.69. The summed E-state index contributed by atoms with van der Waals surface area (Å²) < 4.78 is 41.4. The Kier molecular flexibility index (Phi) is 6.28. The van der Waals surface area contributed by atoms with Crippen LogP contribution in [-0.4, -0.2) is 42.1 Å². The standard InChI is InChI=1S/C20H21F3N2O3S/c1-12-15(19(27)25-8-6-17-14(10-25)7-9-29-17)4-3-5-16(12)24-18(26)13(2)28-11-20(21,22)23/h3-5,7,9,13H,6,8,10-11H2,1-2H3,(H,24,26)/t13-/m1/s1. The molecule has 0 aliphatic carbocycles. The van der Waals surface area contributed by atoms with Crippen LogP contribution in [0.3, 0.4) is 0 Å². The molecule has 2 amide bonds. The van der Waals surface area contributed by atoms with E-state index in [4.69, 9.17) is 0 Å². The Labute approximate surface area is 170 Å². The van der Waals surface area contributed by atoms with Gasteiger partial charge in [0.1, 0.15) is 12.7 Å². The van der Waals surface area contributed by atoms with Gasteiger partial charge in [-0.2, -0.15) is 13.2 Å². The highest BCUT2D eigenvalue weighted by Crippen LogP contribution is 2.27. The molecule has 1 aromatic carbocycles. The highest BCUT2D eigenvalue weighted by atomic mass is 32.1. The molecule has 1 aliphatic rings. The molecule has 29 heavy (non-hydrogen) atoms. The van der Waals surface area contributed by atoms with Gasteiger partial charge in [0.25, 0.3) is 11.8 Å². The molecule has 3 rings (SSSR count). The molecule has 2 aromatic rings. The number of thiophene rings is 1. The van der Waals surface area contributed by atoms with Crippen molar-refractivity contribution in [1.82, 2.24) is 4.90 Å². The lowest BCUT2D eigenvalue weighted by molar-refractivity contribution is -0.184. The van der Waals surface area contributed by atoms with E-state index in [-0.39, 0.29) is 5.91 Å². The lowest BCUT2D eigenvalue weighted by Crippen LogP contribution is -2.36. The molecule has 0 saturated carbocycles. The molecule has 0 unspecified atom stereocenters. The first-order valence-electron chi connectivity index (χ1n) is 9.09. The molecule has 5 nitrogen and oxygen atoms in total. The van der Waals surface area contributed by atoms with Crippen molar-refractivity contribution in [2.24, 2.45) is 0 Å². The first kappa shape index (κ1) is 21.3. The molecule has 1 aliphatic heterocycles.